The molecule has 0 saturated carbocycles. The van der Waals surface area contributed by atoms with E-state index in [4.69, 9.17) is 13.6 Å². The van der Waals surface area contributed by atoms with Crippen LogP contribution in [-0.2, 0) is 34.8 Å². The first kappa shape index (κ1) is 50.3. The van der Waals surface area contributed by atoms with Gasteiger partial charge in [0.2, 0.25) is 20.1 Å². The molecule has 3 amide bonds. The van der Waals surface area contributed by atoms with Gasteiger partial charge in [-0.05, 0) is 90.3 Å². The van der Waals surface area contributed by atoms with E-state index in [1.165, 1.54) is 5.01 Å². The van der Waals surface area contributed by atoms with Gasteiger partial charge in [-0.2, -0.15) is 0 Å². The first-order valence-corrected chi connectivity index (χ1v) is 27.3. The van der Waals surface area contributed by atoms with Crippen molar-refractivity contribution in [2.24, 2.45) is 11.8 Å². The minimum Gasteiger partial charge on any atom is -0.543 e. The van der Waals surface area contributed by atoms with E-state index in [9.17, 15) is 19.2 Å². The van der Waals surface area contributed by atoms with Crippen molar-refractivity contribution in [1.82, 2.24) is 21.1 Å². The second-order valence-corrected chi connectivity index (χ2v) is 29.0. The van der Waals surface area contributed by atoms with E-state index < -0.39 is 64.6 Å². The number of hydrogen-bond donors (Lipinski definition) is 3. The fraction of sp³-hybridized carbons (Fsp3) is 0.574. The van der Waals surface area contributed by atoms with Crippen LogP contribution in [0.1, 0.15) is 104 Å². The van der Waals surface area contributed by atoms with Crippen LogP contribution >= 0.6 is 0 Å². The van der Waals surface area contributed by atoms with Gasteiger partial charge in [-0.3, -0.25) is 24.2 Å². The number of amides is 3. The number of ether oxygens (including phenoxy) is 1. The summed E-state index contributed by atoms with van der Waals surface area (Å²) in [7, 11) is -4.55. The standard InChI is InChI=1S/C47H74N4O7Si2/c1-16-18-29-56-45(55)38-23-20-28-51(50-38)44(54)39(31-35-21-19-22-37(30-35)57-59(12,13)46(6,7)8)48-43(53)40(32(3)4)49-42(52)33(5)41(58-60(14,15)47(9,10)11)36-26-24-34(17-2)25-27-36/h16-17,19,21-22,24-27,30,32-33,38-41,50H,1-2,18,20,23,28-29,31H2,3-15H3,(H,48,53)(H,49,52)/t33-,38+,39+,40+,41+/m1/s1. The first-order valence-electron chi connectivity index (χ1n) is 21.5. The Hall–Kier alpha value is -4.05. The van der Waals surface area contributed by atoms with E-state index >= 15 is 0 Å². The molecule has 1 aliphatic rings. The van der Waals surface area contributed by atoms with E-state index in [0.717, 1.165) is 16.7 Å². The monoisotopic (exact) mass is 863 g/mol. The lowest BCUT2D eigenvalue weighted by atomic mass is 9.94. The molecule has 3 N–H and O–H groups in total. The fourth-order valence-corrected chi connectivity index (χ4v) is 8.61. The van der Waals surface area contributed by atoms with Gasteiger partial charge in [-0.25, -0.2) is 5.43 Å². The van der Waals surface area contributed by atoms with Crippen LogP contribution in [-0.4, -0.2) is 76.6 Å². The molecule has 0 unspecified atom stereocenters. The van der Waals surface area contributed by atoms with Gasteiger partial charge in [0.1, 0.15) is 23.9 Å². The van der Waals surface area contributed by atoms with Crippen molar-refractivity contribution in [3.8, 4) is 5.75 Å². The smallest absolute Gasteiger partial charge is 0.324 e. The van der Waals surface area contributed by atoms with Gasteiger partial charge in [0.15, 0.2) is 8.32 Å². The van der Waals surface area contributed by atoms with E-state index in [0.29, 0.717) is 31.6 Å². The van der Waals surface area contributed by atoms with Crippen molar-refractivity contribution in [3.63, 3.8) is 0 Å². The maximum Gasteiger partial charge on any atom is 0.324 e. The second-order valence-electron chi connectivity index (χ2n) is 19.5. The summed E-state index contributed by atoms with van der Waals surface area (Å²) in [5.41, 5.74) is 5.67. The van der Waals surface area contributed by atoms with Gasteiger partial charge in [0.25, 0.3) is 5.91 Å². The van der Waals surface area contributed by atoms with Crippen LogP contribution in [0.5, 0.6) is 5.75 Å². The quantitative estimate of drug-likeness (QED) is 0.0552. The minimum atomic E-state index is -2.37. The summed E-state index contributed by atoms with van der Waals surface area (Å²) in [4.78, 5) is 56.1. The highest BCUT2D eigenvalue weighted by Crippen LogP contribution is 2.42. The average Bonchev–Trinajstić information content (AvgIpc) is 3.17. The Bertz CT molecular complexity index is 1800. The Labute approximate surface area is 362 Å². The molecule has 0 aliphatic carbocycles. The topological polar surface area (TPSA) is 135 Å². The number of rotatable bonds is 19. The Kier molecular flexibility index (Phi) is 17.7. The largest absolute Gasteiger partial charge is 0.543 e. The molecule has 0 aromatic heterocycles. The lowest BCUT2D eigenvalue weighted by molar-refractivity contribution is -0.153. The number of carbonyl (C=O) groups excluding carboxylic acids is 4. The lowest BCUT2D eigenvalue weighted by Crippen LogP contribution is -2.62. The van der Waals surface area contributed by atoms with E-state index in [-0.39, 0.29) is 34.9 Å². The Balaban J connectivity index is 1.95. The molecule has 1 saturated heterocycles. The molecule has 3 rings (SSSR count). The third-order valence-electron chi connectivity index (χ3n) is 12.3. The van der Waals surface area contributed by atoms with Crippen molar-refractivity contribution in [3.05, 3.63) is 84.5 Å². The maximum absolute atomic E-state index is 14.5. The number of nitrogens with one attached hydrogen (secondary N) is 3. The Morgan fingerprint density at radius 1 is 0.900 bits per heavy atom. The summed E-state index contributed by atoms with van der Waals surface area (Å²) in [5, 5.41) is 7.33. The van der Waals surface area contributed by atoms with E-state index in [1.807, 2.05) is 69.3 Å². The van der Waals surface area contributed by atoms with Crippen LogP contribution in [0.2, 0.25) is 36.3 Å². The fourth-order valence-electron chi connectivity index (χ4n) is 6.26. The number of carbonyl (C=O) groups is 4. The third-order valence-corrected chi connectivity index (χ3v) is 21.1. The predicted octanol–water partition coefficient (Wildman–Crippen LogP) is 8.90. The zero-order valence-electron chi connectivity index (χ0n) is 38.7. The maximum atomic E-state index is 14.5. The zero-order valence-corrected chi connectivity index (χ0v) is 40.7. The highest BCUT2D eigenvalue weighted by Gasteiger charge is 2.43. The SMILES string of the molecule is C=CCCOC(=O)[C@@H]1CCCN(C(=O)[C@H](Cc2cccc(O[Si](C)(C)C(C)(C)C)c2)NC(=O)[C@@H](NC(=O)[C@H](C)[C@H](O[Si](C)(C)C(C)(C)C)c2ccc(C=C)cc2)C(C)C)N1. The summed E-state index contributed by atoms with van der Waals surface area (Å²) in [6, 6.07) is 12.7. The molecule has 1 aliphatic heterocycles. The van der Waals surface area contributed by atoms with Crippen LogP contribution in [0.25, 0.3) is 6.08 Å². The van der Waals surface area contributed by atoms with Gasteiger partial charge < -0.3 is 24.2 Å². The molecule has 332 valence electrons. The Morgan fingerprint density at radius 3 is 2.10 bits per heavy atom. The highest BCUT2D eigenvalue weighted by molar-refractivity contribution is 6.75. The number of benzene rings is 2. The molecule has 0 bridgehead atoms. The van der Waals surface area contributed by atoms with Crippen LogP contribution < -0.4 is 20.5 Å². The number of esters is 1. The van der Waals surface area contributed by atoms with E-state index in [1.54, 1.807) is 12.2 Å². The molecule has 11 nitrogen and oxygen atoms in total. The van der Waals surface area contributed by atoms with Gasteiger partial charge in [0, 0.05) is 13.0 Å². The van der Waals surface area contributed by atoms with Crippen LogP contribution in [0.4, 0.5) is 0 Å². The molecule has 1 fully saturated rings. The molecule has 0 spiro atoms. The lowest BCUT2D eigenvalue weighted by Gasteiger charge is -2.41. The average molecular weight is 863 g/mol. The number of hydrazine groups is 1. The van der Waals surface area contributed by atoms with Gasteiger partial charge >= 0.3 is 5.97 Å². The van der Waals surface area contributed by atoms with Crippen LogP contribution in [0.15, 0.2) is 67.8 Å². The van der Waals surface area contributed by atoms with Crippen molar-refractivity contribution in [2.75, 3.05) is 13.2 Å². The molecule has 13 heteroatoms. The number of hydrogen-bond acceptors (Lipinski definition) is 8. The summed E-state index contributed by atoms with van der Waals surface area (Å²) in [5.74, 6) is -1.98. The predicted molar refractivity (Wildman–Crippen MR) is 247 cm³/mol. The summed E-state index contributed by atoms with van der Waals surface area (Å²) < 4.78 is 19.0. The summed E-state index contributed by atoms with van der Waals surface area (Å²) >= 11 is 0. The molecular weight excluding hydrogens is 789 g/mol. The third kappa shape index (κ3) is 13.7. The van der Waals surface area contributed by atoms with Crippen molar-refractivity contribution < 1.29 is 32.8 Å². The van der Waals surface area contributed by atoms with Crippen molar-refractivity contribution in [2.45, 2.75) is 148 Å². The van der Waals surface area contributed by atoms with Gasteiger partial charge in [-0.1, -0.05) is 117 Å². The van der Waals surface area contributed by atoms with Crippen molar-refractivity contribution >= 4 is 46.4 Å². The van der Waals surface area contributed by atoms with Gasteiger partial charge in [0.05, 0.1) is 18.6 Å². The molecule has 2 aromatic rings. The molecule has 60 heavy (non-hydrogen) atoms. The van der Waals surface area contributed by atoms with Crippen molar-refractivity contribution in [1.29, 1.82) is 0 Å². The molecule has 2 aromatic carbocycles. The normalized spacial score (nSPS) is 17.2. The second kappa shape index (κ2) is 21.2. The van der Waals surface area contributed by atoms with Gasteiger partial charge in [-0.15, -0.1) is 6.58 Å². The first-order chi connectivity index (χ1) is 27.8. The molecule has 5 atom stereocenters. The summed E-state index contributed by atoms with van der Waals surface area (Å²) in [6.45, 7) is 35.3. The Morgan fingerprint density at radius 2 is 1.53 bits per heavy atom. The summed E-state index contributed by atoms with van der Waals surface area (Å²) in [6.07, 6.45) is 4.60. The van der Waals surface area contributed by atoms with Crippen LogP contribution in [0.3, 0.4) is 0 Å². The molecule has 0 radical (unpaired) electrons. The van der Waals surface area contributed by atoms with E-state index in [2.05, 4.69) is 96.9 Å². The highest BCUT2D eigenvalue weighted by atomic mass is 28.4. The van der Waals surface area contributed by atoms with Crippen LogP contribution in [0, 0.1) is 11.8 Å². The number of nitrogens with zero attached hydrogens (tertiary/aromatic N) is 1. The molecule has 1 heterocycles. The molecular formula is C47H74N4O7Si2. The minimum absolute atomic E-state index is 0.0282. The zero-order chi connectivity index (χ0) is 45.2.